The van der Waals surface area contributed by atoms with Crippen molar-refractivity contribution >= 4 is 11.6 Å². The number of benzene rings is 2. The van der Waals surface area contributed by atoms with E-state index in [1.807, 2.05) is 13.1 Å². The molecule has 2 aromatic carbocycles. The quantitative estimate of drug-likeness (QED) is 0.853. The molecular formula is C18H22ClN. The molecule has 2 aromatic rings. The summed E-state index contributed by atoms with van der Waals surface area (Å²) in [5.41, 5.74) is 5.09. The van der Waals surface area contributed by atoms with E-state index < -0.39 is 0 Å². The third-order valence-electron chi connectivity index (χ3n) is 3.67. The first-order valence-corrected chi connectivity index (χ1v) is 7.44. The van der Waals surface area contributed by atoms with Crippen LogP contribution in [0.3, 0.4) is 0 Å². The molecule has 0 saturated heterocycles. The molecule has 1 unspecified atom stereocenters. The maximum atomic E-state index is 6.37. The van der Waals surface area contributed by atoms with Crippen molar-refractivity contribution in [3.05, 3.63) is 69.7 Å². The molecule has 0 bridgehead atoms. The zero-order chi connectivity index (χ0) is 14.5. The van der Waals surface area contributed by atoms with Crippen molar-refractivity contribution in [2.45, 2.75) is 26.2 Å². The summed E-state index contributed by atoms with van der Waals surface area (Å²) >= 11 is 6.37. The number of likely N-dealkylation sites (N-methyl/N-ethyl adjacent to an activating group) is 1. The van der Waals surface area contributed by atoms with Crippen LogP contribution in [0.15, 0.2) is 42.5 Å². The number of rotatable bonds is 5. The van der Waals surface area contributed by atoms with Gasteiger partial charge in [0.15, 0.2) is 0 Å². The van der Waals surface area contributed by atoms with E-state index in [0.717, 1.165) is 18.0 Å². The fourth-order valence-electron chi connectivity index (χ4n) is 2.48. The van der Waals surface area contributed by atoms with Crippen molar-refractivity contribution in [2.24, 2.45) is 0 Å². The zero-order valence-electron chi connectivity index (χ0n) is 12.4. The van der Waals surface area contributed by atoms with Crippen LogP contribution in [0.1, 0.15) is 28.2 Å². The Morgan fingerprint density at radius 3 is 2.25 bits per heavy atom. The molecular weight excluding hydrogens is 266 g/mol. The van der Waals surface area contributed by atoms with Crippen LogP contribution in [-0.4, -0.2) is 13.6 Å². The van der Waals surface area contributed by atoms with Gasteiger partial charge in [0.05, 0.1) is 0 Å². The van der Waals surface area contributed by atoms with E-state index in [-0.39, 0.29) is 0 Å². The van der Waals surface area contributed by atoms with E-state index in [1.54, 1.807) is 0 Å². The second-order valence-electron chi connectivity index (χ2n) is 5.46. The van der Waals surface area contributed by atoms with Crippen LogP contribution in [0.2, 0.25) is 5.02 Å². The highest BCUT2D eigenvalue weighted by Crippen LogP contribution is 2.26. The second-order valence-corrected chi connectivity index (χ2v) is 5.87. The molecule has 2 rings (SSSR count). The van der Waals surface area contributed by atoms with Crippen LogP contribution >= 0.6 is 11.6 Å². The highest BCUT2D eigenvalue weighted by molar-refractivity contribution is 6.31. The van der Waals surface area contributed by atoms with Gasteiger partial charge in [-0.15, -0.1) is 0 Å². The molecule has 0 radical (unpaired) electrons. The first-order chi connectivity index (χ1) is 9.60. The lowest BCUT2D eigenvalue weighted by Gasteiger charge is -2.18. The molecule has 0 aliphatic carbocycles. The molecule has 0 fully saturated rings. The third kappa shape index (κ3) is 3.84. The maximum absolute atomic E-state index is 6.37. The molecule has 1 N–H and O–H groups in total. The van der Waals surface area contributed by atoms with Crippen LogP contribution in [-0.2, 0) is 6.42 Å². The summed E-state index contributed by atoms with van der Waals surface area (Å²) in [5.74, 6) is 0.445. The smallest absolute Gasteiger partial charge is 0.0440 e. The lowest BCUT2D eigenvalue weighted by atomic mass is 9.91. The van der Waals surface area contributed by atoms with Gasteiger partial charge >= 0.3 is 0 Å². The average molecular weight is 288 g/mol. The van der Waals surface area contributed by atoms with Crippen LogP contribution in [0.4, 0.5) is 0 Å². The topological polar surface area (TPSA) is 12.0 Å². The SMILES string of the molecule is CNCC(Cc1ccc(C)cc1Cl)c1ccc(C)cc1. The molecule has 0 saturated carbocycles. The van der Waals surface area contributed by atoms with E-state index >= 15 is 0 Å². The molecule has 0 heterocycles. The number of hydrogen-bond acceptors (Lipinski definition) is 1. The van der Waals surface area contributed by atoms with E-state index in [2.05, 4.69) is 55.6 Å². The minimum atomic E-state index is 0.445. The first-order valence-electron chi connectivity index (χ1n) is 7.06. The van der Waals surface area contributed by atoms with Crippen molar-refractivity contribution in [3.8, 4) is 0 Å². The zero-order valence-corrected chi connectivity index (χ0v) is 13.2. The van der Waals surface area contributed by atoms with Crippen molar-refractivity contribution in [2.75, 3.05) is 13.6 Å². The summed E-state index contributed by atoms with van der Waals surface area (Å²) in [7, 11) is 2.00. The Balaban J connectivity index is 2.22. The van der Waals surface area contributed by atoms with E-state index in [1.165, 1.54) is 22.3 Å². The molecule has 1 nitrogen and oxygen atoms in total. The van der Waals surface area contributed by atoms with Gasteiger partial charge in [-0.05, 0) is 50.1 Å². The summed E-state index contributed by atoms with van der Waals surface area (Å²) in [4.78, 5) is 0. The molecule has 0 aromatic heterocycles. The fourth-order valence-corrected chi connectivity index (χ4v) is 2.79. The van der Waals surface area contributed by atoms with Crippen molar-refractivity contribution < 1.29 is 0 Å². The van der Waals surface area contributed by atoms with Crippen molar-refractivity contribution in [1.82, 2.24) is 5.32 Å². The Bertz CT molecular complexity index is 560. The molecule has 0 spiro atoms. The molecule has 0 aliphatic rings. The number of nitrogens with one attached hydrogen (secondary N) is 1. The number of aryl methyl sites for hydroxylation is 2. The molecule has 0 amide bonds. The van der Waals surface area contributed by atoms with Gasteiger partial charge in [0, 0.05) is 17.5 Å². The summed E-state index contributed by atoms with van der Waals surface area (Å²) in [6.07, 6.45) is 0.961. The molecule has 106 valence electrons. The van der Waals surface area contributed by atoms with Gasteiger partial charge in [0.2, 0.25) is 0 Å². The monoisotopic (exact) mass is 287 g/mol. The van der Waals surface area contributed by atoms with E-state index in [4.69, 9.17) is 11.6 Å². The standard InChI is InChI=1S/C18H22ClN/c1-13-4-7-15(8-5-13)17(12-20-3)11-16-9-6-14(2)10-18(16)19/h4-10,17,20H,11-12H2,1-3H3. The molecule has 20 heavy (non-hydrogen) atoms. The number of hydrogen-bond donors (Lipinski definition) is 1. The van der Waals surface area contributed by atoms with Crippen LogP contribution < -0.4 is 5.32 Å². The van der Waals surface area contributed by atoms with Crippen LogP contribution in [0.5, 0.6) is 0 Å². The highest BCUT2D eigenvalue weighted by atomic mass is 35.5. The van der Waals surface area contributed by atoms with Gasteiger partial charge in [0.1, 0.15) is 0 Å². The largest absolute Gasteiger partial charge is 0.319 e. The lowest BCUT2D eigenvalue weighted by Crippen LogP contribution is -2.19. The molecule has 0 aliphatic heterocycles. The fraction of sp³-hybridized carbons (Fsp3) is 0.333. The van der Waals surface area contributed by atoms with Gasteiger partial charge in [0.25, 0.3) is 0 Å². The predicted octanol–water partition coefficient (Wildman–Crippen LogP) is 4.50. The molecule has 1 atom stereocenters. The average Bonchev–Trinajstić information content (AvgIpc) is 2.42. The van der Waals surface area contributed by atoms with Gasteiger partial charge in [-0.3, -0.25) is 0 Å². The Kier molecular flexibility index (Phi) is 5.22. The highest BCUT2D eigenvalue weighted by Gasteiger charge is 2.13. The van der Waals surface area contributed by atoms with Gasteiger partial charge in [-0.1, -0.05) is 53.6 Å². The van der Waals surface area contributed by atoms with E-state index in [0.29, 0.717) is 5.92 Å². The minimum absolute atomic E-state index is 0.445. The first kappa shape index (κ1) is 15.1. The second kappa shape index (κ2) is 6.92. The Hall–Kier alpha value is -1.31. The van der Waals surface area contributed by atoms with Crippen molar-refractivity contribution in [3.63, 3.8) is 0 Å². The Morgan fingerprint density at radius 1 is 1.00 bits per heavy atom. The minimum Gasteiger partial charge on any atom is -0.319 e. The summed E-state index contributed by atoms with van der Waals surface area (Å²) in [6, 6.07) is 15.1. The predicted molar refractivity (Wildman–Crippen MR) is 87.7 cm³/mol. The maximum Gasteiger partial charge on any atom is 0.0440 e. The summed E-state index contributed by atoms with van der Waals surface area (Å²) in [5, 5.41) is 4.16. The normalized spacial score (nSPS) is 12.4. The Labute approximate surface area is 127 Å². The van der Waals surface area contributed by atoms with Gasteiger partial charge in [-0.2, -0.15) is 0 Å². The lowest BCUT2D eigenvalue weighted by molar-refractivity contribution is 0.625. The third-order valence-corrected chi connectivity index (χ3v) is 4.03. The van der Waals surface area contributed by atoms with Gasteiger partial charge in [-0.25, -0.2) is 0 Å². The van der Waals surface area contributed by atoms with Crippen LogP contribution in [0, 0.1) is 13.8 Å². The van der Waals surface area contributed by atoms with Gasteiger partial charge < -0.3 is 5.32 Å². The van der Waals surface area contributed by atoms with E-state index in [9.17, 15) is 0 Å². The van der Waals surface area contributed by atoms with Crippen molar-refractivity contribution in [1.29, 1.82) is 0 Å². The molecule has 2 heteroatoms. The van der Waals surface area contributed by atoms with Crippen LogP contribution in [0.25, 0.3) is 0 Å². The summed E-state index contributed by atoms with van der Waals surface area (Å²) < 4.78 is 0. The number of halogens is 1. The Morgan fingerprint density at radius 2 is 1.65 bits per heavy atom. The summed E-state index contributed by atoms with van der Waals surface area (Å²) in [6.45, 7) is 5.14.